The summed E-state index contributed by atoms with van der Waals surface area (Å²) in [5, 5.41) is 0.805. The van der Waals surface area contributed by atoms with Gasteiger partial charge >= 0.3 is 0 Å². The first kappa shape index (κ1) is 13.5. The zero-order chi connectivity index (χ0) is 13.9. The van der Waals surface area contributed by atoms with E-state index in [1.807, 2.05) is 37.8 Å². The van der Waals surface area contributed by atoms with Crippen molar-refractivity contribution >= 4 is 17.3 Å². The number of halogens is 1. The van der Waals surface area contributed by atoms with Gasteiger partial charge in [-0.05, 0) is 18.2 Å². The van der Waals surface area contributed by atoms with Crippen molar-refractivity contribution in [1.82, 2.24) is 14.5 Å². The molecular weight excluding hydrogens is 272 g/mol. The first-order chi connectivity index (χ1) is 9.72. The van der Waals surface area contributed by atoms with Crippen LogP contribution in [0.4, 0.5) is 5.69 Å². The number of hydrogen-bond donors (Lipinski definition) is 0. The van der Waals surface area contributed by atoms with Gasteiger partial charge in [-0.3, -0.25) is 4.90 Å². The van der Waals surface area contributed by atoms with Crippen LogP contribution in [0.25, 0.3) is 0 Å². The van der Waals surface area contributed by atoms with Gasteiger partial charge in [0.15, 0.2) is 0 Å². The van der Waals surface area contributed by atoms with Crippen molar-refractivity contribution in [2.24, 2.45) is 7.05 Å². The Labute approximate surface area is 124 Å². The maximum absolute atomic E-state index is 6.06. The summed E-state index contributed by atoms with van der Waals surface area (Å²) < 4.78 is 2.09. The van der Waals surface area contributed by atoms with Crippen LogP contribution in [-0.2, 0) is 13.6 Å². The lowest BCUT2D eigenvalue weighted by Crippen LogP contribution is -2.46. The minimum absolute atomic E-state index is 0.805. The zero-order valence-corrected chi connectivity index (χ0v) is 12.4. The summed E-state index contributed by atoms with van der Waals surface area (Å²) in [5.41, 5.74) is 2.49. The maximum Gasteiger partial charge on any atom is 0.0945 e. The highest BCUT2D eigenvalue weighted by molar-refractivity contribution is 6.30. The quantitative estimate of drug-likeness (QED) is 0.867. The number of hydrogen-bond acceptors (Lipinski definition) is 3. The topological polar surface area (TPSA) is 24.3 Å². The molecule has 1 aliphatic rings. The highest BCUT2D eigenvalue weighted by Gasteiger charge is 2.18. The van der Waals surface area contributed by atoms with Crippen molar-refractivity contribution in [2.75, 3.05) is 31.1 Å². The molecule has 0 atom stereocenters. The molecule has 1 aliphatic heterocycles. The molecule has 20 heavy (non-hydrogen) atoms. The summed E-state index contributed by atoms with van der Waals surface area (Å²) in [6, 6.07) is 8.10. The molecule has 0 amide bonds. The van der Waals surface area contributed by atoms with Crippen LogP contribution in [0.5, 0.6) is 0 Å². The van der Waals surface area contributed by atoms with Crippen LogP contribution in [0.3, 0.4) is 0 Å². The van der Waals surface area contributed by atoms with Crippen molar-refractivity contribution in [3.8, 4) is 0 Å². The highest BCUT2D eigenvalue weighted by Crippen LogP contribution is 2.21. The van der Waals surface area contributed by atoms with E-state index < -0.39 is 0 Å². The summed E-state index contributed by atoms with van der Waals surface area (Å²) >= 11 is 6.06. The number of imidazole rings is 1. The lowest BCUT2D eigenvalue weighted by Gasteiger charge is -2.36. The largest absolute Gasteiger partial charge is 0.369 e. The van der Waals surface area contributed by atoms with Gasteiger partial charge in [0, 0.05) is 56.7 Å². The number of piperazine rings is 1. The summed E-state index contributed by atoms with van der Waals surface area (Å²) in [6.45, 7) is 5.19. The molecular formula is C15H19ClN4. The van der Waals surface area contributed by atoms with Crippen LogP contribution < -0.4 is 4.90 Å². The minimum atomic E-state index is 0.805. The molecule has 0 aliphatic carbocycles. The molecule has 1 saturated heterocycles. The van der Waals surface area contributed by atoms with Crippen molar-refractivity contribution < 1.29 is 0 Å². The molecule has 0 N–H and O–H groups in total. The molecule has 0 unspecified atom stereocenters. The van der Waals surface area contributed by atoms with E-state index in [-0.39, 0.29) is 0 Å². The van der Waals surface area contributed by atoms with Gasteiger partial charge in [0.25, 0.3) is 0 Å². The second kappa shape index (κ2) is 5.85. The van der Waals surface area contributed by atoms with Gasteiger partial charge in [-0.15, -0.1) is 0 Å². The van der Waals surface area contributed by atoms with E-state index in [4.69, 9.17) is 11.6 Å². The van der Waals surface area contributed by atoms with Gasteiger partial charge in [0.2, 0.25) is 0 Å². The molecule has 1 aromatic heterocycles. The van der Waals surface area contributed by atoms with E-state index >= 15 is 0 Å². The second-order valence-electron chi connectivity index (χ2n) is 5.24. The van der Waals surface area contributed by atoms with Gasteiger partial charge in [-0.2, -0.15) is 0 Å². The number of aryl methyl sites for hydroxylation is 1. The number of aromatic nitrogens is 2. The van der Waals surface area contributed by atoms with Gasteiger partial charge < -0.3 is 9.47 Å². The maximum atomic E-state index is 6.06. The summed E-state index contributed by atoms with van der Waals surface area (Å²) in [5.74, 6) is 0. The van der Waals surface area contributed by atoms with Crippen LogP contribution in [0.15, 0.2) is 36.8 Å². The zero-order valence-electron chi connectivity index (χ0n) is 11.7. The van der Waals surface area contributed by atoms with Crippen molar-refractivity contribution in [2.45, 2.75) is 6.54 Å². The third kappa shape index (κ3) is 2.97. The fraction of sp³-hybridized carbons (Fsp3) is 0.400. The van der Waals surface area contributed by atoms with Crippen LogP contribution in [0, 0.1) is 0 Å². The Balaban J connectivity index is 1.58. The fourth-order valence-electron chi connectivity index (χ4n) is 2.60. The molecule has 5 heteroatoms. The van der Waals surface area contributed by atoms with E-state index in [2.05, 4.69) is 25.4 Å². The Morgan fingerprint density at radius 1 is 1.20 bits per heavy atom. The average molecular weight is 291 g/mol. The number of rotatable bonds is 3. The normalized spacial score (nSPS) is 16.6. The Hall–Kier alpha value is -1.52. The predicted molar refractivity (Wildman–Crippen MR) is 82.2 cm³/mol. The third-order valence-corrected chi connectivity index (χ3v) is 4.08. The van der Waals surface area contributed by atoms with Gasteiger partial charge in [0.05, 0.1) is 12.0 Å². The highest BCUT2D eigenvalue weighted by atomic mass is 35.5. The third-order valence-electron chi connectivity index (χ3n) is 3.85. The lowest BCUT2D eigenvalue weighted by molar-refractivity contribution is 0.245. The monoisotopic (exact) mass is 290 g/mol. The van der Waals surface area contributed by atoms with Crippen LogP contribution in [0.2, 0.25) is 5.02 Å². The molecule has 3 rings (SSSR count). The average Bonchev–Trinajstić information content (AvgIpc) is 2.85. The van der Waals surface area contributed by atoms with Crippen LogP contribution in [0.1, 0.15) is 5.69 Å². The summed E-state index contributed by atoms with van der Waals surface area (Å²) in [7, 11) is 2.05. The van der Waals surface area contributed by atoms with Crippen molar-refractivity contribution in [3.05, 3.63) is 47.5 Å². The number of nitrogens with zero attached hydrogens (tertiary/aromatic N) is 4. The molecule has 0 saturated carbocycles. The molecule has 1 aromatic carbocycles. The van der Waals surface area contributed by atoms with E-state index in [1.165, 1.54) is 11.4 Å². The lowest BCUT2D eigenvalue weighted by atomic mass is 10.2. The summed E-state index contributed by atoms with van der Waals surface area (Å²) in [6.07, 6.45) is 3.81. The molecule has 1 fully saturated rings. The van der Waals surface area contributed by atoms with Gasteiger partial charge in [-0.1, -0.05) is 17.7 Å². The summed E-state index contributed by atoms with van der Waals surface area (Å²) in [4.78, 5) is 9.04. The molecule has 0 radical (unpaired) electrons. The standard InChI is InChI=1S/C15H19ClN4/c1-18-12-17-10-15(18)11-19-5-7-20(8-6-19)14-4-2-3-13(16)9-14/h2-4,9-10,12H,5-8,11H2,1H3. The Kier molecular flexibility index (Phi) is 3.94. The Morgan fingerprint density at radius 3 is 2.65 bits per heavy atom. The Morgan fingerprint density at radius 2 is 2.00 bits per heavy atom. The Bertz CT molecular complexity index is 573. The molecule has 4 nitrogen and oxygen atoms in total. The fourth-order valence-corrected chi connectivity index (χ4v) is 2.79. The molecule has 0 spiro atoms. The van der Waals surface area contributed by atoms with Crippen LogP contribution >= 0.6 is 11.6 Å². The smallest absolute Gasteiger partial charge is 0.0945 e. The van der Waals surface area contributed by atoms with E-state index in [1.54, 1.807) is 0 Å². The molecule has 0 bridgehead atoms. The first-order valence-electron chi connectivity index (χ1n) is 6.90. The van der Waals surface area contributed by atoms with Crippen LogP contribution in [-0.4, -0.2) is 40.6 Å². The van der Waals surface area contributed by atoms with Crippen molar-refractivity contribution in [1.29, 1.82) is 0 Å². The number of benzene rings is 1. The van der Waals surface area contributed by atoms with Crippen molar-refractivity contribution in [3.63, 3.8) is 0 Å². The molecule has 2 heterocycles. The molecule has 2 aromatic rings. The first-order valence-corrected chi connectivity index (χ1v) is 7.28. The van der Waals surface area contributed by atoms with Gasteiger partial charge in [0.1, 0.15) is 0 Å². The van der Waals surface area contributed by atoms with E-state index in [0.717, 1.165) is 37.7 Å². The molecule has 106 valence electrons. The van der Waals surface area contributed by atoms with E-state index in [0.29, 0.717) is 0 Å². The number of anilines is 1. The van der Waals surface area contributed by atoms with E-state index in [9.17, 15) is 0 Å². The predicted octanol–water partition coefficient (Wildman–Crippen LogP) is 2.40. The van der Waals surface area contributed by atoms with Gasteiger partial charge in [-0.25, -0.2) is 4.98 Å². The minimum Gasteiger partial charge on any atom is -0.369 e. The second-order valence-corrected chi connectivity index (χ2v) is 5.68. The SMILES string of the molecule is Cn1cncc1CN1CCN(c2cccc(Cl)c2)CC1.